The van der Waals surface area contributed by atoms with Crippen LogP contribution in [0.4, 0.5) is 11.4 Å². The Kier molecular flexibility index (Phi) is 8.95. The zero-order chi connectivity index (χ0) is 42.8. The number of para-hydroxylation sites is 1. The Morgan fingerprint density at radius 3 is 2.08 bits per heavy atom. The summed E-state index contributed by atoms with van der Waals surface area (Å²) in [6.45, 7) is 4.44. The van der Waals surface area contributed by atoms with Crippen LogP contribution in [0.25, 0.3) is 60.9 Å². The van der Waals surface area contributed by atoms with Gasteiger partial charge in [0, 0.05) is 39.2 Å². The number of hydrogen-bond acceptors (Lipinski definition) is 2. The first-order chi connectivity index (χ1) is 31.6. The average Bonchev–Trinajstić information content (AvgIpc) is 3.99. The second kappa shape index (κ2) is 15.1. The summed E-state index contributed by atoms with van der Waals surface area (Å²) in [5.74, 6) is 0.160. The summed E-state index contributed by atoms with van der Waals surface area (Å²) in [4.78, 5) is 2.56. The number of benzene rings is 8. The first-order valence-electron chi connectivity index (χ1n) is 22.4. The Morgan fingerprint density at radius 2 is 1.27 bits per heavy atom. The summed E-state index contributed by atoms with van der Waals surface area (Å²) in [5.41, 5.74) is 20.4. The summed E-state index contributed by atoms with van der Waals surface area (Å²) in [6.07, 6.45) is 15.9. The lowest BCUT2D eigenvalue weighted by Gasteiger charge is -2.37. The van der Waals surface area contributed by atoms with Crippen LogP contribution in [0.1, 0.15) is 41.7 Å². The van der Waals surface area contributed by atoms with E-state index in [1.165, 1.54) is 61.2 Å². The molecule has 2 atom stereocenters. The van der Waals surface area contributed by atoms with E-state index in [1.807, 2.05) is 0 Å². The van der Waals surface area contributed by atoms with Crippen LogP contribution in [0, 0.1) is 5.92 Å². The lowest BCUT2D eigenvalue weighted by Crippen LogP contribution is -2.29. The maximum Gasteiger partial charge on any atom is 0.143 e. The van der Waals surface area contributed by atoms with Gasteiger partial charge in [-0.3, -0.25) is 0 Å². The summed E-state index contributed by atoms with van der Waals surface area (Å²) in [6, 6.07) is 68.8. The molecule has 3 aliphatic carbocycles. The molecule has 64 heavy (non-hydrogen) atoms. The molecule has 0 N–H and O–H groups in total. The Hall–Kier alpha value is -7.94. The standard InChI is InChI=1S/C62H45NO/c1-3-42(43-21-6-4-7-22-43)36-39-56(47-27-11-10-20-41(47)2)63(46-26-18-25-45(40-46)44-23-8-5-9-24-44)57-34-19-31-50-48-28-12-15-32-53(48)62(60(50)57)54-33-16-13-30-52(54)59-55(62)38-37-51-49-29-14-17-35-58(49)64-61(51)59/h3-41H,1-2H3/b39-36-,42-3+,56-47-. The van der Waals surface area contributed by atoms with Crippen molar-refractivity contribution in [3.05, 3.63) is 270 Å². The molecule has 12 rings (SSSR count). The van der Waals surface area contributed by atoms with E-state index < -0.39 is 5.41 Å². The maximum atomic E-state index is 6.92. The van der Waals surface area contributed by atoms with Gasteiger partial charge in [0.05, 0.1) is 11.1 Å². The third-order valence-electron chi connectivity index (χ3n) is 13.7. The minimum atomic E-state index is -0.650. The van der Waals surface area contributed by atoms with Crippen LogP contribution < -0.4 is 4.90 Å². The van der Waals surface area contributed by atoms with E-state index in [9.17, 15) is 0 Å². The molecular formula is C62H45NO. The molecule has 2 heteroatoms. The Morgan fingerprint density at radius 1 is 0.578 bits per heavy atom. The predicted molar refractivity (Wildman–Crippen MR) is 268 cm³/mol. The molecule has 0 fully saturated rings. The van der Waals surface area contributed by atoms with Crippen LogP contribution in [-0.4, -0.2) is 0 Å². The van der Waals surface area contributed by atoms with Crippen molar-refractivity contribution in [2.75, 3.05) is 4.90 Å². The predicted octanol–water partition coefficient (Wildman–Crippen LogP) is 16.4. The second-order valence-corrected chi connectivity index (χ2v) is 17.1. The number of rotatable bonds is 7. The molecule has 0 bridgehead atoms. The lowest BCUT2D eigenvalue weighted by molar-refractivity contribution is 0.669. The van der Waals surface area contributed by atoms with Crippen molar-refractivity contribution in [2.24, 2.45) is 5.92 Å². The fraction of sp³-hybridized carbons (Fsp3) is 0.0645. The molecule has 0 amide bonds. The van der Waals surface area contributed by atoms with Crippen LogP contribution in [0.5, 0.6) is 0 Å². The van der Waals surface area contributed by atoms with E-state index in [1.54, 1.807) is 0 Å². The van der Waals surface area contributed by atoms with Gasteiger partial charge in [0.2, 0.25) is 0 Å². The Balaban J connectivity index is 1.20. The average molecular weight is 820 g/mol. The number of nitrogens with zero attached hydrogens (tertiary/aromatic N) is 1. The first kappa shape index (κ1) is 37.8. The van der Waals surface area contributed by atoms with Crippen molar-refractivity contribution in [3.63, 3.8) is 0 Å². The number of fused-ring (bicyclic) bond motifs is 14. The highest BCUT2D eigenvalue weighted by Crippen LogP contribution is 2.66. The van der Waals surface area contributed by atoms with Gasteiger partial charge in [-0.1, -0.05) is 207 Å². The van der Waals surface area contributed by atoms with E-state index >= 15 is 0 Å². The molecule has 0 aliphatic heterocycles. The van der Waals surface area contributed by atoms with Gasteiger partial charge >= 0.3 is 0 Å². The maximum absolute atomic E-state index is 6.92. The molecule has 1 spiro atoms. The summed E-state index contributed by atoms with van der Waals surface area (Å²) in [5, 5.41) is 2.28. The zero-order valence-corrected chi connectivity index (χ0v) is 35.9. The minimum Gasteiger partial charge on any atom is -0.455 e. The molecule has 1 heterocycles. The van der Waals surface area contributed by atoms with Crippen molar-refractivity contribution in [1.29, 1.82) is 0 Å². The van der Waals surface area contributed by atoms with Crippen LogP contribution in [0.3, 0.4) is 0 Å². The SMILES string of the molecule is C\C=C(/C=C\C(=C1/C=CC=CC1C)N(c1cccc(-c2ccccc2)c1)c1cccc2c1C1(c3ccccc3-2)c2ccccc2-c2c1ccc1c2oc2ccccc21)c1ccccc1. The van der Waals surface area contributed by atoms with Gasteiger partial charge in [0.25, 0.3) is 0 Å². The molecule has 1 aromatic heterocycles. The van der Waals surface area contributed by atoms with Crippen LogP contribution in [0.15, 0.2) is 246 Å². The third kappa shape index (κ3) is 5.65. The second-order valence-electron chi connectivity index (χ2n) is 17.1. The number of hydrogen-bond donors (Lipinski definition) is 0. The highest BCUT2D eigenvalue weighted by atomic mass is 16.3. The van der Waals surface area contributed by atoms with Crippen molar-refractivity contribution >= 4 is 38.9 Å². The smallest absolute Gasteiger partial charge is 0.143 e. The number of anilines is 2. The molecule has 8 aromatic carbocycles. The summed E-state index contributed by atoms with van der Waals surface area (Å²) < 4.78 is 6.92. The Bertz CT molecular complexity index is 3470. The van der Waals surface area contributed by atoms with Gasteiger partial charge in [0.1, 0.15) is 11.2 Å². The molecule has 3 aliphatic rings. The highest BCUT2D eigenvalue weighted by molar-refractivity contribution is 6.13. The Labute approximate surface area is 374 Å². The van der Waals surface area contributed by atoms with E-state index in [0.29, 0.717) is 0 Å². The monoisotopic (exact) mass is 819 g/mol. The van der Waals surface area contributed by atoms with E-state index in [2.05, 4.69) is 249 Å². The molecule has 2 nitrogen and oxygen atoms in total. The van der Waals surface area contributed by atoms with Gasteiger partial charge in [-0.15, -0.1) is 0 Å². The van der Waals surface area contributed by atoms with Crippen LogP contribution in [0.2, 0.25) is 0 Å². The van der Waals surface area contributed by atoms with E-state index in [-0.39, 0.29) is 5.92 Å². The topological polar surface area (TPSA) is 16.4 Å². The zero-order valence-electron chi connectivity index (χ0n) is 35.9. The van der Waals surface area contributed by atoms with E-state index in [4.69, 9.17) is 4.42 Å². The van der Waals surface area contributed by atoms with Gasteiger partial charge in [0.15, 0.2) is 0 Å². The van der Waals surface area contributed by atoms with Crippen molar-refractivity contribution in [2.45, 2.75) is 19.3 Å². The molecule has 304 valence electrons. The van der Waals surface area contributed by atoms with Gasteiger partial charge in [-0.05, 0) is 98.5 Å². The number of allylic oxidation sites excluding steroid dienone is 9. The largest absolute Gasteiger partial charge is 0.455 e. The molecule has 0 radical (unpaired) electrons. The molecule has 9 aromatic rings. The van der Waals surface area contributed by atoms with Crippen molar-refractivity contribution < 1.29 is 4.42 Å². The summed E-state index contributed by atoms with van der Waals surface area (Å²) >= 11 is 0. The summed E-state index contributed by atoms with van der Waals surface area (Å²) in [7, 11) is 0. The fourth-order valence-corrected chi connectivity index (χ4v) is 10.9. The van der Waals surface area contributed by atoms with Gasteiger partial charge in [-0.2, -0.15) is 0 Å². The van der Waals surface area contributed by atoms with Crippen molar-refractivity contribution in [1.82, 2.24) is 0 Å². The molecule has 2 unspecified atom stereocenters. The fourth-order valence-electron chi connectivity index (χ4n) is 10.9. The number of furan rings is 1. The van der Waals surface area contributed by atoms with Crippen molar-refractivity contribution in [3.8, 4) is 33.4 Å². The van der Waals surface area contributed by atoms with Gasteiger partial charge < -0.3 is 9.32 Å². The molecular weight excluding hydrogens is 775 g/mol. The highest BCUT2D eigenvalue weighted by Gasteiger charge is 2.54. The van der Waals surface area contributed by atoms with Crippen LogP contribution in [-0.2, 0) is 5.41 Å². The quantitative estimate of drug-likeness (QED) is 0.149. The van der Waals surface area contributed by atoms with E-state index in [0.717, 1.165) is 50.1 Å². The molecule has 0 saturated carbocycles. The normalized spacial score (nSPS) is 17.8. The third-order valence-corrected chi connectivity index (χ3v) is 13.7. The van der Waals surface area contributed by atoms with Gasteiger partial charge in [-0.25, -0.2) is 0 Å². The van der Waals surface area contributed by atoms with Crippen LogP contribution >= 0.6 is 0 Å². The minimum absolute atomic E-state index is 0.160. The lowest BCUT2D eigenvalue weighted by atomic mass is 9.69. The molecule has 0 saturated heterocycles. The first-order valence-corrected chi connectivity index (χ1v) is 22.4.